The van der Waals surface area contributed by atoms with Crippen LogP contribution in [0.2, 0.25) is 0 Å². The van der Waals surface area contributed by atoms with Crippen LogP contribution in [0.15, 0.2) is 40.8 Å². The molecule has 2 aromatic rings. The third-order valence-corrected chi connectivity index (χ3v) is 5.02. The van der Waals surface area contributed by atoms with E-state index in [1.165, 1.54) is 0 Å². The molecule has 3 rings (SSSR count). The molecule has 2 heterocycles. The van der Waals surface area contributed by atoms with Gasteiger partial charge in [0.05, 0.1) is 12.1 Å². The molecule has 1 saturated heterocycles. The maximum absolute atomic E-state index is 13.1. The van der Waals surface area contributed by atoms with Crippen LogP contribution in [0.1, 0.15) is 34.7 Å². The fourth-order valence-electron chi connectivity index (χ4n) is 3.80. The van der Waals surface area contributed by atoms with E-state index in [2.05, 4.69) is 5.32 Å². The lowest BCUT2D eigenvalue weighted by atomic mass is 9.86. The molecule has 0 radical (unpaired) electrons. The largest absolute Gasteiger partial charge is 0.466 e. The molecule has 0 aliphatic carbocycles. The van der Waals surface area contributed by atoms with Gasteiger partial charge < -0.3 is 19.5 Å². The van der Waals surface area contributed by atoms with Crippen LogP contribution in [0, 0.1) is 13.8 Å². The van der Waals surface area contributed by atoms with Gasteiger partial charge in [-0.05, 0) is 44.9 Å². The van der Waals surface area contributed by atoms with E-state index in [1.54, 1.807) is 36.9 Å². The van der Waals surface area contributed by atoms with Crippen molar-refractivity contribution in [2.45, 2.75) is 32.2 Å². The van der Waals surface area contributed by atoms with Gasteiger partial charge in [0.15, 0.2) is 0 Å². The van der Waals surface area contributed by atoms with Gasteiger partial charge in [0.1, 0.15) is 17.1 Å². The van der Waals surface area contributed by atoms with E-state index < -0.39 is 5.54 Å². The first-order chi connectivity index (χ1) is 12.8. The Kier molecular flexibility index (Phi) is 5.26. The number of hydrogen-bond donors (Lipinski definition) is 1. The summed E-state index contributed by atoms with van der Waals surface area (Å²) in [6.07, 6.45) is 1.42. The second-order valence-electron chi connectivity index (χ2n) is 7.43. The second-order valence-corrected chi connectivity index (χ2v) is 7.43. The number of likely N-dealkylation sites (tertiary alicyclic amines) is 1. The molecule has 1 fully saturated rings. The minimum Gasteiger partial charge on any atom is -0.466 e. The SMILES string of the molecule is Cc1cc(C(=O)N2CCCC(Nc3ccccc3)(C(=O)N(C)C)C2)c(C)o1. The Bertz CT molecular complexity index is 828. The van der Waals surface area contributed by atoms with Gasteiger partial charge in [0.2, 0.25) is 5.91 Å². The normalized spacial score (nSPS) is 19.6. The number of carbonyl (C=O) groups is 2. The predicted octanol–water partition coefficient (Wildman–Crippen LogP) is 3.07. The minimum absolute atomic E-state index is 0.0241. The van der Waals surface area contributed by atoms with Crippen LogP contribution in [0.4, 0.5) is 5.69 Å². The average molecular weight is 369 g/mol. The Morgan fingerprint density at radius 2 is 1.89 bits per heavy atom. The summed E-state index contributed by atoms with van der Waals surface area (Å²) in [5, 5.41) is 3.42. The highest BCUT2D eigenvalue weighted by atomic mass is 16.3. The Morgan fingerprint density at radius 1 is 1.19 bits per heavy atom. The van der Waals surface area contributed by atoms with Gasteiger partial charge in [0.25, 0.3) is 5.91 Å². The van der Waals surface area contributed by atoms with Crippen LogP contribution in [0.3, 0.4) is 0 Å². The first-order valence-corrected chi connectivity index (χ1v) is 9.24. The summed E-state index contributed by atoms with van der Waals surface area (Å²) in [7, 11) is 3.50. The van der Waals surface area contributed by atoms with Crippen LogP contribution < -0.4 is 5.32 Å². The van der Waals surface area contributed by atoms with Gasteiger partial charge in [0, 0.05) is 26.3 Å². The van der Waals surface area contributed by atoms with E-state index in [1.807, 2.05) is 37.3 Å². The smallest absolute Gasteiger partial charge is 0.257 e. The zero-order valence-corrected chi connectivity index (χ0v) is 16.4. The summed E-state index contributed by atoms with van der Waals surface area (Å²) < 4.78 is 5.52. The van der Waals surface area contributed by atoms with Crippen LogP contribution in [-0.4, -0.2) is 54.3 Å². The molecule has 1 aromatic heterocycles. The topological polar surface area (TPSA) is 65.8 Å². The number of likely N-dealkylation sites (N-methyl/N-ethyl adjacent to an activating group) is 1. The molecular weight excluding hydrogens is 342 g/mol. The molecule has 0 bridgehead atoms. The lowest BCUT2D eigenvalue weighted by molar-refractivity contribution is -0.135. The van der Waals surface area contributed by atoms with Crippen LogP contribution >= 0.6 is 0 Å². The van der Waals surface area contributed by atoms with Gasteiger partial charge in [-0.25, -0.2) is 0 Å². The number of nitrogens with zero attached hydrogens (tertiary/aromatic N) is 2. The van der Waals surface area contributed by atoms with Crippen molar-refractivity contribution >= 4 is 17.5 Å². The summed E-state index contributed by atoms with van der Waals surface area (Å²) in [5.74, 6) is 1.22. The number of amides is 2. The van der Waals surface area contributed by atoms with Gasteiger partial charge in [-0.2, -0.15) is 0 Å². The first-order valence-electron chi connectivity index (χ1n) is 9.24. The molecule has 27 heavy (non-hydrogen) atoms. The van der Waals surface area contributed by atoms with Crippen molar-refractivity contribution in [2.24, 2.45) is 0 Å². The zero-order valence-electron chi connectivity index (χ0n) is 16.4. The molecule has 2 amide bonds. The van der Waals surface area contributed by atoms with Crippen molar-refractivity contribution < 1.29 is 14.0 Å². The number of piperidine rings is 1. The molecule has 1 aliphatic heterocycles. The van der Waals surface area contributed by atoms with Crippen LogP contribution in [-0.2, 0) is 4.79 Å². The van der Waals surface area contributed by atoms with E-state index in [4.69, 9.17) is 4.42 Å². The van der Waals surface area contributed by atoms with Gasteiger partial charge in [-0.1, -0.05) is 18.2 Å². The number of rotatable bonds is 4. The number of nitrogens with one attached hydrogen (secondary N) is 1. The molecule has 1 atom stereocenters. The van der Waals surface area contributed by atoms with Crippen molar-refractivity contribution in [3.05, 3.63) is 53.5 Å². The number of anilines is 1. The van der Waals surface area contributed by atoms with Crippen LogP contribution in [0.25, 0.3) is 0 Å². The summed E-state index contributed by atoms with van der Waals surface area (Å²) in [6.45, 7) is 4.57. The summed E-state index contributed by atoms with van der Waals surface area (Å²) in [6, 6.07) is 11.4. The van der Waals surface area contributed by atoms with Crippen LogP contribution in [0.5, 0.6) is 0 Å². The third kappa shape index (κ3) is 3.84. The quantitative estimate of drug-likeness (QED) is 0.899. The second kappa shape index (κ2) is 7.47. The number of furan rings is 1. The Hall–Kier alpha value is -2.76. The maximum atomic E-state index is 13.1. The van der Waals surface area contributed by atoms with E-state index in [9.17, 15) is 9.59 Å². The van der Waals surface area contributed by atoms with Crippen molar-refractivity contribution in [1.82, 2.24) is 9.80 Å². The number of carbonyl (C=O) groups excluding carboxylic acids is 2. The highest BCUT2D eigenvalue weighted by molar-refractivity contribution is 5.97. The minimum atomic E-state index is -0.842. The maximum Gasteiger partial charge on any atom is 0.257 e. The van der Waals surface area contributed by atoms with E-state index in [-0.39, 0.29) is 11.8 Å². The Labute approximate surface area is 160 Å². The number of aryl methyl sites for hydroxylation is 2. The number of hydrogen-bond acceptors (Lipinski definition) is 4. The van der Waals surface area contributed by atoms with Crippen molar-refractivity contribution in [3.8, 4) is 0 Å². The lowest BCUT2D eigenvalue weighted by Gasteiger charge is -2.43. The number of benzene rings is 1. The summed E-state index contributed by atoms with van der Waals surface area (Å²) in [4.78, 5) is 29.5. The van der Waals surface area contributed by atoms with Crippen molar-refractivity contribution in [1.29, 1.82) is 0 Å². The van der Waals surface area contributed by atoms with E-state index in [0.717, 1.165) is 12.1 Å². The van der Waals surface area contributed by atoms with Gasteiger partial charge >= 0.3 is 0 Å². The Balaban J connectivity index is 1.90. The third-order valence-electron chi connectivity index (χ3n) is 5.02. The molecule has 1 N–H and O–H groups in total. The van der Waals surface area contributed by atoms with Crippen molar-refractivity contribution in [3.63, 3.8) is 0 Å². The monoisotopic (exact) mass is 369 g/mol. The summed E-state index contributed by atoms with van der Waals surface area (Å²) in [5.41, 5.74) is 0.600. The molecular formula is C21H27N3O3. The van der Waals surface area contributed by atoms with E-state index >= 15 is 0 Å². The molecule has 0 spiro atoms. The van der Waals surface area contributed by atoms with Crippen molar-refractivity contribution in [2.75, 3.05) is 32.5 Å². The van der Waals surface area contributed by atoms with E-state index in [0.29, 0.717) is 36.6 Å². The first kappa shape index (κ1) is 19.0. The lowest BCUT2D eigenvalue weighted by Crippen LogP contribution is -2.62. The number of para-hydroxylation sites is 1. The Morgan fingerprint density at radius 3 is 2.48 bits per heavy atom. The predicted molar refractivity (Wildman–Crippen MR) is 105 cm³/mol. The molecule has 6 nitrogen and oxygen atoms in total. The molecule has 1 aliphatic rings. The summed E-state index contributed by atoms with van der Waals surface area (Å²) >= 11 is 0. The molecule has 144 valence electrons. The standard InChI is InChI=1S/C21H27N3O3/c1-15-13-18(16(2)27-15)19(25)24-12-8-11-21(14-24,20(26)23(3)4)22-17-9-6-5-7-10-17/h5-7,9-10,13,22H,8,11-12,14H2,1-4H3. The fraction of sp³-hybridized carbons (Fsp3) is 0.429. The molecule has 6 heteroatoms. The highest BCUT2D eigenvalue weighted by Gasteiger charge is 2.44. The average Bonchev–Trinajstić information content (AvgIpc) is 2.99. The zero-order chi connectivity index (χ0) is 19.6. The molecule has 0 saturated carbocycles. The molecule has 1 aromatic carbocycles. The van der Waals surface area contributed by atoms with Gasteiger partial charge in [-0.15, -0.1) is 0 Å². The van der Waals surface area contributed by atoms with Gasteiger partial charge in [-0.3, -0.25) is 9.59 Å². The molecule has 1 unspecified atom stereocenters. The fourth-order valence-corrected chi connectivity index (χ4v) is 3.80. The highest BCUT2D eigenvalue weighted by Crippen LogP contribution is 2.29.